The Kier molecular flexibility index (Phi) is 6.24. The van der Waals surface area contributed by atoms with Gasteiger partial charge in [0.15, 0.2) is 0 Å². The summed E-state index contributed by atoms with van der Waals surface area (Å²) in [7, 11) is -3.87. The molecule has 4 rings (SSSR count). The SMILES string of the molecule is O=C1NCCN(S(=O)(=O)c2ccccc2)[C@@H]1CC(=O)N1CCN(c2ccccc2)CC1. The van der Waals surface area contributed by atoms with Crippen LogP contribution in [0, 0.1) is 0 Å². The summed E-state index contributed by atoms with van der Waals surface area (Å²) in [6.45, 7) is 2.83. The number of anilines is 1. The summed E-state index contributed by atoms with van der Waals surface area (Å²) >= 11 is 0. The molecule has 0 bridgehead atoms. The maximum atomic E-state index is 13.1. The number of nitrogens with zero attached hydrogens (tertiary/aromatic N) is 3. The number of para-hydroxylation sites is 1. The average molecular weight is 443 g/mol. The molecule has 31 heavy (non-hydrogen) atoms. The minimum absolute atomic E-state index is 0.124. The molecular weight excluding hydrogens is 416 g/mol. The Morgan fingerprint density at radius 2 is 1.52 bits per heavy atom. The van der Waals surface area contributed by atoms with E-state index in [0.717, 1.165) is 5.69 Å². The molecule has 2 aliphatic heterocycles. The highest BCUT2D eigenvalue weighted by Crippen LogP contribution is 2.23. The fraction of sp³-hybridized carbons (Fsp3) is 0.364. The molecule has 2 aromatic carbocycles. The van der Waals surface area contributed by atoms with Gasteiger partial charge in [-0.05, 0) is 24.3 Å². The summed E-state index contributed by atoms with van der Waals surface area (Å²) in [6, 6.07) is 17.0. The van der Waals surface area contributed by atoms with Gasteiger partial charge in [-0.1, -0.05) is 36.4 Å². The number of amides is 2. The van der Waals surface area contributed by atoms with Crippen LogP contribution in [0.2, 0.25) is 0 Å². The van der Waals surface area contributed by atoms with Crippen LogP contribution in [0.25, 0.3) is 0 Å². The van der Waals surface area contributed by atoms with Crippen LogP contribution in [0.5, 0.6) is 0 Å². The standard InChI is InChI=1S/C22H26N4O4S/c27-21(25-15-13-24(14-16-25)18-7-3-1-4-8-18)17-20-22(28)23-11-12-26(20)31(29,30)19-9-5-2-6-10-19/h1-10,20H,11-17H2,(H,23,28)/t20-/m1/s1. The molecule has 2 amide bonds. The smallest absolute Gasteiger partial charge is 0.243 e. The molecule has 0 radical (unpaired) electrons. The highest BCUT2D eigenvalue weighted by molar-refractivity contribution is 7.89. The third-order valence-electron chi connectivity index (χ3n) is 5.75. The number of carbonyl (C=O) groups is 2. The predicted octanol–water partition coefficient (Wildman–Crippen LogP) is 0.915. The Bertz CT molecular complexity index is 1020. The Morgan fingerprint density at radius 1 is 0.903 bits per heavy atom. The third kappa shape index (κ3) is 4.57. The zero-order chi connectivity index (χ0) is 21.8. The number of nitrogens with one attached hydrogen (secondary N) is 1. The highest BCUT2D eigenvalue weighted by Gasteiger charge is 2.40. The number of hydrogen-bond acceptors (Lipinski definition) is 5. The van der Waals surface area contributed by atoms with E-state index in [2.05, 4.69) is 10.2 Å². The number of sulfonamides is 1. The second-order valence-electron chi connectivity index (χ2n) is 7.64. The first-order valence-electron chi connectivity index (χ1n) is 10.4. The second-order valence-corrected chi connectivity index (χ2v) is 9.53. The third-order valence-corrected chi connectivity index (χ3v) is 7.68. The molecule has 8 nitrogen and oxygen atoms in total. The van der Waals surface area contributed by atoms with Crippen LogP contribution in [0.1, 0.15) is 6.42 Å². The molecule has 0 saturated carbocycles. The molecule has 0 spiro atoms. The molecule has 1 atom stereocenters. The molecule has 2 aliphatic rings. The van der Waals surface area contributed by atoms with E-state index in [-0.39, 0.29) is 30.3 Å². The summed E-state index contributed by atoms with van der Waals surface area (Å²) in [5.74, 6) is -0.634. The zero-order valence-corrected chi connectivity index (χ0v) is 18.0. The van der Waals surface area contributed by atoms with Crippen LogP contribution in [0.3, 0.4) is 0 Å². The van der Waals surface area contributed by atoms with Gasteiger partial charge in [0.1, 0.15) is 6.04 Å². The Balaban J connectivity index is 1.44. The summed E-state index contributed by atoms with van der Waals surface area (Å²) in [5, 5.41) is 2.70. The molecule has 0 aromatic heterocycles. The maximum absolute atomic E-state index is 13.1. The Labute approximate surface area is 182 Å². The molecule has 164 valence electrons. The second kappa shape index (κ2) is 9.07. The van der Waals surface area contributed by atoms with Gasteiger partial charge in [-0.15, -0.1) is 0 Å². The molecule has 2 saturated heterocycles. The summed E-state index contributed by atoms with van der Waals surface area (Å²) in [5.41, 5.74) is 1.11. The zero-order valence-electron chi connectivity index (χ0n) is 17.2. The number of hydrogen-bond donors (Lipinski definition) is 1. The van der Waals surface area contributed by atoms with E-state index in [0.29, 0.717) is 26.2 Å². The van der Waals surface area contributed by atoms with E-state index in [9.17, 15) is 18.0 Å². The monoisotopic (exact) mass is 442 g/mol. The van der Waals surface area contributed by atoms with Gasteiger partial charge in [0.25, 0.3) is 0 Å². The van der Waals surface area contributed by atoms with Gasteiger partial charge in [0.2, 0.25) is 21.8 Å². The van der Waals surface area contributed by atoms with Crippen LogP contribution in [0.4, 0.5) is 5.69 Å². The van der Waals surface area contributed by atoms with Gasteiger partial charge in [0, 0.05) is 45.0 Å². The lowest BCUT2D eigenvalue weighted by Gasteiger charge is -2.38. The van der Waals surface area contributed by atoms with E-state index in [1.807, 2.05) is 30.3 Å². The van der Waals surface area contributed by atoms with Crippen LogP contribution < -0.4 is 10.2 Å². The topological polar surface area (TPSA) is 90.0 Å². The van der Waals surface area contributed by atoms with Gasteiger partial charge >= 0.3 is 0 Å². The van der Waals surface area contributed by atoms with Crippen molar-refractivity contribution in [2.24, 2.45) is 0 Å². The molecule has 1 N–H and O–H groups in total. The fourth-order valence-electron chi connectivity index (χ4n) is 4.05. The quantitative estimate of drug-likeness (QED) is 0.744. The van der Waals surface area contributed by atoms with Crippen molar-refractivity contribution in [1.82, 2.24) is 14.5 Å². The molecule has 2 heterocycles. The predicted molar refractivity (Wildman–Crippen MR) is 117 cm³/mol. The number of rotatable bonds is 5. The fourth-order valence-corrected chi connectivity index (χ4v) is 5.66. The van der Waals surface area contributed by atoms with Crippen LogP contribution in [-0.2, 0) is 19.6 Å². The van der Waals surface area contributed by atoms with Crippen molar-refractivity contribution in [2.45, 2.75) is 17.4 Å². The van der Waals surface area contributed by atoms with Gasteiger partial charge in [-0.25, -0.2) is 8.42 Å². The average Bonchev–Trinajstić information content (AvgIpc) is 2.81. The number of carbonyl (C=O) groups excluding carboxylic acids is 2. The normalized spacial score (nSPS) is 20.4. The first kappa shape index (κ1) is 21.3. The summed E-state index contributed by atoms with van der Waals surface area (Å²) in [4.78, 5) is 29.6. The van der Waals surface area contributed by atoms with E-state index < -0.39 is 22.0 Å². The molecule has 9 heteroatoms. The van der Waals surface area contributed by atoms with Gasteiger partial charge in [-0.3, -0.25) is 9.59 Å². The lowest BCUT2D eigenvalue weighted by Crippen LogP contribution is -2.59. The molecular formula is C22H26N4O4S. The highest BCUT2D eigenvalue weighted by atomic mass is 32.2. The van der Waals surface area contributed by atoms with Crippen LogP contribution >= 0.6 is 0 Å². The Morgan fingerprint density at radius 3 is 2.16 bits per heavy atom. The van der Waals surface area contributed by atoms with Crippen LogP contribution in [0.15, 0.2) is 65.6 Å². The van der Waals surface area contributed by atoms with Gasteiger partial charge < -0.3 is 15.1 Å². The summed E-state index contributed by atoms with van der Waals surface area (Å²) < 4.78 is 27.4. The largest absolute Gasteiger partial charge is 0.368 e. The molecule has 0 unspecified atom stereocenters. The van der Waals surface area contributed by atoms with Crippen molar-refractivity contribution in [2.75, 3.05) is 44.2 Å². The van der Waals surface area contributed by atoms with Crippen molar-refractivity contribution >= 4 is 27.5 Å². The van der Waals surface area contributed by atoms with E-state index >= 15 is 0 Å². The minimum atomic E-state index is -3.87. The van der Waals surface area contributed by atoms with Crippen molar-refractivity contribution < 1.29 is 18.0 Å². The van der Waals surface area contributed by atoms with Crippen molar-refractivity contribution in [3.05, 3.63) is 60.7 Å². The van der Waals surface area contributed by atoms with Crippen molar-refractivity contribution in [1.29, 1.82) is 0 Å². The first-order chi connectivity index (χ1) is 15.0. The maximum Gasteiger partial charge on any atom is 0.243 e. The molecule has 0 aliphatic carbocycles. The van der Waals surface area contributed by atoms with Crippen LogP contribution in [-0.4, -0.2) is 74.7 Å². The lowest BCUT2D eigenvalue weighted by molar-refractivity contribution is -0.137. The minimum Gasteiger partial charge on any atom is -0.368 e. The number of benzene rings is 2. The van der Waals surface area contributed by atoms with Gasteiger partial charge in [0.05, 0.1) is 11.3 Å². The van der Waals surface area contributed by atoms with E-state index in [4.69, 9.17) is 0 Å². The van der Waals surface area contributed by atoms with Gasteiger partial charge in [-0.2, -0.15) is 4.31 Å². The van der Waals surface area contributed by atoms with E-state index in [1.165, 1.54) is 16.4 Å². The van der Waals surface area contributed by atoms with E-state index in [1.54, 1.807) is 23.1 Å². The summed E-state index contributed by atoms with van der Waals surface area (Å²) in [6.07, 6.45) is -0.163. The Hall–Kier alpha value is -2.91. The van der Waals surface area contributed by atoms with Crippen molar-refractivity contribution in [3.8, 4) is 0 Å². The number of piperazine rings is 2. The lowest BCUT2D eigenvalue weighted by atomic mass is 10.1. The van der Waals surface area contributed by atoms with Crippen molar-refractivity contribution in [3.63, 3.8) is 0 Å². The first-order valence-corrected chi connectivity index (χ1v) is 11.8. The molecule has 2 aromatic rings. The molecule has 2 fully saturated rings.